The van der Waals surface area contributed by atoms with E-state index in [1.165, 1.54) is 32.1 Å². The van der Waals surface area contributed by atoms with Gasteiger partial charge in [0.25, 0.3) is 0 Å². The number of carboxylic acid groups (broad SMARTS) is 1. The molecule has 12 nitrogen and oxygen atoms in total. The van der Waals surface area contributed by atoms with E-state index in [-0.39, 0.29) is 25.9 Å². The summed E-state index contributed by atoms with van der Waals surface area (Å²) in [4.78, 5) is 50.9. The third-order valence-electron chi connectivity index (χ3n) is 12.0. The number of rotatable bonds is 45. The number of aliphatic hydroxyl groups excluding tert-OH is 2. The van der Waals surface area contributed by atoms with E-state index in [0.29, 0.717) is 19.3 Å². The first kappa shape index (κ1) is 64.9. The molecule has 0 saturated carbocycles. The number of unbranched alkanes of at least 4 members (excludes halogenated alkanes) is 17. The Morgan fingerprint density at radius 1 is 0.479 bits per heavy atom. The van der Waals surface area contributed by atoms with E-state index in [0.717, 1.165) is 122 Å². The van der Waals surface area contributed by atoms with Crippen molar-refractivity contribution in [3.63, 3.8) is 0 Å². The van der Waals surface area contributed by atoms with Gasteiger partial charge in [-0.05, 0) is 89.9 Å². The fraction of sp³-hybridized carbons (Fsp3) is 0.695. The van der Waals surface area contributed by atoms with Crippen molar-refractivity contribution in [1.82, 2.24) is 0 Å². The maximum Gasteiger partial charge on any atom is 0.335 e. The maximum absolute atomic E-state index is 13.0. The largest absolute Gasteiger partial charge is 0.479 e. The molecule has 0 spiro atoms. The Hall–Kier alpha value is -4.10. The molecule has 12 heteroatoms. The first-order chi connectivity index (χ1) is 34.6. The summed E-state index contributed by atoms with van der Waals surface area (Å²) in [5.74, 6) is -3.18. The number of allylic oxidation sites excluding steroid dienone is 14. The second-order valence-electron chi connectivity index (χ2n) is 18.5. The van der Waals surface area contributed by atoms with Crippen LogP contribution in [0, 0.1) is 0 Å². The molecule has 0 bridgehead atoms. The molecule has 71 heavy (non-hydrogen) atoms. The van der Waals surface area contributed by atoms with Gasteiger partial charge in [-0.15, -0.1) is 0 Å². The number of hydrogen-bond donors (Lipinski definition) is 3. The van der Waals surface area contributed by atoms with Gasteiger partial charge in [-0.2, -0.15) is 0 Å². The number of carboxylic acids is 1. The summed E-state index contributed by atoms with van der Waals surface area (Å²) in [7, 11) is 0. The molecule has 0 amide bonds. The summed E-state index contributed by atoms with van der Waals surface area (Å²) in [6, 6.07) is 0. The molecule has 1 aliphatic heterocycles. The molecule has 0 aliphatic carbocycles. The van der Waals surface area contributed by atoms with E-state index in [4.69, 9.17) is 23.7 Å². The van der Waals surface area contributed by atoms with Crippen LogP contribution in [0.3, 0.4) is 0 Å². The van der Waals surface area contributed by atoms with Gasteiger partial charge in [0, 0.05) is 19.3 Å². The molecule has 404 valence electrons. The van der Waals surface area contributed by atoms with Crippen molar-refractivity contribution in [1.29, 1.82) is 0 Å². The zero-order valence-electron chi connectivity index (χ0n) is 44.2. The van der Waals surface area contributed by atoms with Crippen molar-refractivity contribution in [3.05, 3.63) is 85.1 Å². The minimum atomic E-state index is -1.91. The molecule has 3 N–H and O–H groups in total. The van der Waals surface area contributed by atoms with Crippen LogP contribution in [0.2, 0.25) is 0 Å². The van der Waals surface area contributed by atoms with Crippen LogP contribution in [0.4, 0.5) is 0 Å². The van der Waals surface area contributed by atoms with Gasteiger partial charge in [0.2, 0.25) is 0 Å². The molecule has 1 aliphatic rings. The normalized spacial score (nSPS) is 19.1. The fourth-order valence-electron chi connectivity index (χ4n) is 7.78. The van der Waals surface area contributed by atoms with Gasteiger partial charge in [0.15, 0.2) is 24.6 Å². The highest BCUT2D eigenvalue weighted by atomic mass is 16.7. The van der Waals surface area contributed by atoms with Gasteiger partial charge in [0.05, 0.1) is 6.61 Å². The molecule has 0 aromatic heterocycles. The molecule has 0 radical (unpaired) electrons. The number of ether oxygens (including phenoxy) is 5. The number of carbonyl (C=O) groups is 4. The van der Waals surface area contributed by atoms with Crippen LogP contribution in [0.5, 0.6) is 0 Å². The van der Waals surface area contributed by atoms with Gasteiger partial charge >= 0.3 is 23.9 Å². The number of hydrogen-bond acceptors (Lipinski definition) is 11. The van der Waals surface area contributed by atoms with E-state index in [1.54, 1.807) is 0 Å². The molecule has 0 aromatic rings. The second-order valence-corrected chi connectivity index (χ2v) is 18.5. The number of carbonyl (C=O) groups excluding carboxylic acids is 3. The lowest BCUT2D eigenvalue weighted by molar-refractivity contribution is -0.301. The highest BCUT2D eigenvalue weighted by Crippen LogP contribution is 2.26. The Morgan fingerprint density at radius 3 is 1.35 bits per heavy atom. The van der Waals surface area contributed by atoms with Crippen LogP contribution in [0.25, 0.3) is 0 Å². The summed E-state index contributed by atoms with van der Waals surface area (Å²) in [6.07, 6.45) is 47.1. The number of aliphatic hydroxyl groups is 2. The van der Waals surface area contributed by atoms with E-state index in [9.17, 15) is 34.5 Å². The average molecular weight is 997 g/mol. The zero-order chi connectivity index (χ0) is 51.8. The fourth-order valence-corrected chi connectivity index (χ4v) is 7.78. The zero-order valence-corrected chi connectivity index (χ0v) is 44.2. The van der Waals surface area contributed by atoms with E-state index >= 15 is 0 Å². The molecule has 1 fully saturated rings. The van der Waals surface area contributed by atoms with Gasteiger partial charge in [-0.3, -0.25) is 14.4 Å². The number of aliphatic carboxylic acids is 1. The Morgan fingerprint density at radius 2 is 0.887 bits per heavy atom. The molecular weight excluding hydrogens is 901 g/mol. The summed E-state index contributed by atoms with van der Waals surface area (Å²) in [5, 5.41) is 31.4. The predicted molar refractivity (Wildman–Crippen MR) is 284 cm³/mol. The minimum Gasteiger partial charge on any atom is -0.479 e. The Bertz CT molecular complexity index is 1560. The van der Waals surface area contributed by atoms with Crippen molar-refractivity contribution in [2.75, 3.05) is 13.2 Å². The second kappa shape index (κ2) is 46.9. The molecule has 6 atom stereocenters. The van der Waals surface area contributed by atoms with Gasteiger partial charge in [0.1, 0.15) is 18.8 Å². The maximum atomic E-state index is 13.0. The monoisotopic (exact) mass is 997 g/mol. The Balaban J connectivity index is 2.70. The lowest BCUT2D eigenvalue weighted by atomic mass is 9.98. The topological polar surface area (TPSA) is 175 Å². The Kier molecular flexibility index (Phi) is 42.9. The molecule has 6 unspecified atom stereocenters. The first-order valence-corrected chi connectivity index (χ1v) is 27.6. The quantitative estimate of drug-likeness (QED) is 0.0228. The smallest absolute Gasteiger partial charge is 0.335 e. The third-order valence-corrected chi connectivity index (χ3v) is 12.0. The molecule has 1 rings (SSSR count). The minimum absolute atomic E-state index is 0.0283. The van der Waals surface area contributed by atoms with Crippen LogP contribution in [0.1, 0.15) is 213 Å². The van der Waals surface area contributed by atoms with Gasteiger partial charge < -0.3 is 39.0 Å². The summed E-state index contributed by atoms with van der Waals surface area (Å²) < 4.78 is 28.3. The van der Waals surface area contributed by atoms with Gasteiger partial charge in [-0.1, -0.05) is 189 Å². The lowest BCUT2D eigenvalue weighted by Crippen LogP contribution is -2.61. The predicted octanol–water partition coefficient (Wildman–Crippen LogP) is 13.6. The van der Waals surface area contributed by atoms with Crippen molar-refractivity contribution in [3.8, 4) is 0 Å². The lowest BCUT2D eigenvalue weighted by Gasteiger charge is -2.40. The summed E-state index contributed by atoms with van der Waals surface area (Å²) in [6.45, 7) is 5.70. The molecular formula is C59H96O12. The van der Waals surface area contributed by atoms with E-state index < -0.39 is 67.3 Å². The summed E-state index contributed by atoms with van der Waals surface area (Å²) >= 11 is 0. The van der Waals surface area contributed by atoms with Gasteiger partial charge in [-0.25, -0.2) is 4.79 Å². The Labute approximate surface area is 429 Å². The highest BCUT2D eigenvalue weighted by molar-refractivity contribution is 5.74. The first-order valence-electron chi connectivity index (χ1n) is 27.6. The van der Waals surface area contributed by atoms with E-state index in [1.807, 2.05) is 0 Å². The van der Waals surface area contributed by atoms with Crippen LogP contribution in [-0.4, -0.2) is 89.2 Å². The van der Waals surface area contributed by atoms with Crippen molar-refractivity contribution >= 4 is 23.9 Å². The molecule has 0 aromatic carbocycles. The van der Waals surface area contributed by atoms with Crippen LogP contribution >= 0.6 is 0 Å². The molecule has 1 heterocycles. The standard InChI is InChI=1S/C59H96O12/c1-4-7-10-13-16-19-21-23-25-26-28-30-32-35-38-41-44-47-53(62)70-57-55(64)54(63)56(58(65)66)71-59(57)68-49-50(69-52(61)46-43-40-37-33-18-15-12-9-6-3)48-67-51(60)45-42-39-36-34-31-29-27-24-22-20-17-14-11-8-5-2/h7-8,10-11,16-17,19-20,23-25,27-28,30,50,54-57,59,63-64H,4-6,9,12-15,18,21-22,26,29,31-49H2,1-3H3,(H,65,66)/b10-7-,11-8-,19-16-,20-17-,25-23-,27-24-,30-28-. The van der Waals surface area contributed by atoms with Crippen LogP contribution in [-0.2, 0) is 42.9 Å². The van der Waals surface area contributed by atoms with Crippen molar-refractivity contribution < 1.29 is 58.2 Å². The SMILES string of the molecule is CC/C=C\C/C=C\C/C=C\C/C=C\CCCCCCC(=O)OC1C(OCC(COC(=O)CCCCCCC/C=C\C/C=C\C/C=C\CC)OC(=O)CCCCCCCCCCC)OC(C(=O)O)C(O)C1O. The van der Waals surface area contributed by atoms with Crippen molar-refractivity contribution in [2.45, 2.75) is 250 Å². The molecule has 1 saturated heterocycles. The van der Waals surface area contributed by atoms with Crippen LogP contribution < -0.4 is 0 Å². The van der Waals surface area contributed by atoms with E-state index in [2.05, 4.69) is 106 Å². The van der Waals surface area contributed by atoms with Crippen molar-refractivity contribution in [2.24, 2.45) is 0 Å². The summed E-state index contributed by atoms with van der Waals surface area (Å²) in [5.41, 5.74) is 0. The average Bonchev–Trinajstić information content (AvgIpc) is 3.35. The third kappa shape index (κ3) is 37.3. The van der Waals surface area contributed by atoms with Crippen LogP contribution in [0.15, 0.2) is 85.1 Å². The number of esters is 3. The highest BCUT2D eigenvalue weighted by Gasteiger charge is 2.50.